The van der Waals surface area contributed by atoms with Gasteiger partial charge in [0.2, 0.25) is 0 Å². The van der Waals surface area contributed by atoms with E-state index in [1.807, 2.05) is 30.3 Å². The maximum absolute atomic E-state index is 11.9. The Morgan fingerprint density at radius 3 is 2.74 bits per heavy atom. The number of carbonyl (C=O) groups is 1. The number of rotatable bonds is 4. The number of carbonyl (C=O) groups excluding carboxylic acids is 1. The Morgan fingerprint density at radius 1 is 1.42 bits per heavy atom. The van der Waals surface area contributed by atoms with Gasteiger partial charge in [0.15, 0.2) is 0 Å². The zero-order valence-electron chi connectivity index (χ0n) is 10.4. The maximum atomic E-state index is 11.9. The van der Waals surface area contributed by atoms with Crippen molar-refractivity contribution in [1.29, 1.82) is 0 Å². The fourth-order valence-electron chi connectivity index (χ4n) is 1.76. The second-order valence-corrected chi connectivity index (χ2v) is 4.34. The van der Waals surface area contributed by atoms with Gasteiger partial charge in [-0.05, 0) is 19.1 Å². The number of amides is 1. The number of aliphatic hydroxyl groups excluding tert-OH is 1. The Labute approximate surface area is 115 Å². The highest BCUT2D eigenvalue weighted by atomic mass is 35.5. The maximum Gasteiger partial charge on any atom is 0.256 e. The molecule has 2 aromatic rings. The monoisotopic (exact) mass is 279 g/mol. The van der Waals surface area contributed by atoms with E-state index in [0.29, 0.717) is 11.3 Å². The second-order valence-electron chi connectivity index (χ2n) is 3.98. The van der Waals surface area contributed by atoms with E-state index in [4.69, 9.17) is 16.7 Å². The molecule has 5 nitrogen and oxygen atoms in total. The van der Waals surface area contributed by atoms with Crippen LogP contribution in [0.15, 0.2) is 30.3 Å². The Morgan fingerprint density at radius 2 is 2.11 bits per heavy atom. The summed E-state index contributed by atoms with van der Waals surface area (Å²) in [6, 6.07) is 9.34. The molecule has 0 aliphatic carbocycles. The lowest BCUT2D eigenvalue weighted by Crippen LogP contribution is -2.26. The van der Waals surface area contributed by atoms with Crippen molar-refractivity contribution in [2.75, 3.05) is 13.2 Å². The normalized spacial score (nSPS) is 10.5. The minimum Gasteiger partial charge on any atom is -0.395 e. The topological polar surface area (TPSA) is 67.2 Å². The first-order valence-electron chi connectivity index (χ1n) is 5.84. The minimum atomic E-state index is -0.335. The molecule has 1 amide bonds. The Kier molecular flexibility index (Phi) is 4.19. The van der Waals surface area contributed by atoms with Crippen molar-refractivity contribution in [1.82, 2.24) is 15.1 Å². The molecule has 0 bridgehead atoms. The standard InChI is InChI=1S/C13H14ClN3O2/c1-9-11(13(19)15-7-8-18)12(14)17(16-9)10-5-3-2-4-6-10/h2-6,18H,7-8H2,1H3,(H,15,19). The van der Waals surface area contributed by atoms with Gasteiger partial charge in [0.1, 0.15) is 5.15 Å². The molecule has 0 saturated heterocycles. The van der Waals surface area contributed by atoms with Crippen LogP contribution in [0, 0.1) is 6.92 Å². The fourth-order valence-corrected chi connectivity index (χ4v) is 2.11. The Balaban J connectivity index is 2.38. The van der Waals surface area contributed by atoms with Crippen LogP contribution < -0.4 is 5.32 Å². The van der Waals surface area contributed by atoms with Crippen LogP contribution in [0.25, 0.3) is 5.69 Å². The van der Waals surface area contributed by atoms with Crippen LogP contribution in [0.3, 0.4) is 0 Å². The minimum absolute atomic E-state index is 0.116. The predicted molar refractivity (Wildman–Crippen MR) is 72.7 cm³/mol. The molecule has 2 N–H and O–H groups in total. The largest absolute Gasteiger partial charge is 0.395 e. The lowest BCUT2D eigenvalue weighted by Gasteiger charge is -2.04. The summed E-state index contributed by atoms with van der Waals surface area (Å²) in [4.78, 5) is 11.9. The van der Waals surface area contributed by atoms with Crippen molar-refractivity contribution in [3.63, 3.8) is 0 Å². The number of benzene rings is 1. The third kappa shape index (κ3) is 2.77. The highest BCUT2D eigenvalue weighted by Gasteiger charge is 2.20. The zero-order valence-corrected chi connectivity index (χ0v) is 11.2. The van der Waals surface area contributed by atoms with Crippen LogP contribution in [0.5, 0.6) is 0 Å². The number of nitrogens with one attached hydrogen (secondary N) is 1. The van der Waals surface area contributed by atoms with E-state index in [2.05, 4.69) is 10.4 Å². The van der Waals surface area contributed by atoms with Gasteiger partial charge in [-0.3, -0.25) is 4.79 Å². The predicted octanol–water partition coefficient (Wildman–Crippen LogP) is 1.56. The second kappa shape index (κ2) is 5.86. The van der Waals surface area contributed by atoms with Gasteiger partial charge in [0.05, 0.1) is 23.6 Å². The van der Waals surface area contributed by atoms with Gasteiger partial charge in [-0.1, -0.05) is 29.8 Å². The third-order valence-corrected chi connectivity index (χ3v) is 2.98. The first-order chi connectivity index (χ1) is 9.15. The van der Waals surface area contributed by atoms with E-state index in [9.17, 15) is 4.79 Å². The first-order valence-corrected chi connectivity index (χ1v) is 6.22. The van der Waals surface area contributed by atoms with Gasteiger partial charge in [-0.15, -0.1) is 0 Å². The molecule has 0 aliphatic heterocycles. The van der Waals surface area contributed by atoms with E-state index >= 15 is 0 Å². The molecule has 1 heterocycles. The van der Waals surface area contributed by atoms with Gasteiger partial charge >= 0.3 is 0 Å². The molecular formula is C13H14ClN3O2. The lowest BCUT2D eigenvalue weighted by atomic mass is 10.2. The third-order valence-electron chi connectivity index (χ3n) is 2.63. The van der Waals surface area contributed by atoms with Gasteiger partial charge in [-0.25, -0.2) is 4.68 Å². The zero-order chi connectivity index (χ0) is 13.8. The van der Waals surface area contributed by atoms with Crippen molar-refractivity contribution < 1.29 is 9.90 Å². The summed E-state index contributed by atoms with van der Waals surface area (Å²) in [7, 11) is 0. The molecule has 1 aromatic carbocycles. The summed E-state index contributed by atoms with van der Waals surface area (Å²) in [6.07, 6.45) is 0. The lowest BCUT2D eigenvalue weighted by molar-refractivity contribution is 0.0944. The highest BCUT2D eigenvalue weighted by molar-refractivity contribution is 6.33. The summed E-state index contributed by atoms with van der Waals surface area (Å²) >= 11 is 6.22. The quantitative estimate of drug-likeness (QED) is 0.892. The van der Waals surface area contributed by atoms with E-state index in [1.165, 1.54) is 4.68 Å². The van der Waals surface area contributed by atoms with Crippen LogP contribution in [-0.4, -0.2) is 33.9 Å². The van der Waals surface area contributed by atoms with Crippen LogP contribution in [0.2, 0.25) is 5.15 Å². The van der Waals surface area contributed by atoms with Crippen LogP contribution in [0.4, 0.5) is 0 Å². The average molecular weight is 280 g/mol. The van der Waals surface area contributed by atoms with Crippen molar-refractivity contribution in [2.45, 2.75) is 6.92 Å². The number of hydrogen-bond acceptors (Lipinski definition) is 3. The summed E-state index contributed by atoms with van der Waals surface area (Å²) < 4.78 is 1.52. The number of aryl methyl sites for hydroxylation is 1. The molecule has 19 heavy (non-hydrogen) atoms. The van der Waals surface area contributed by atoms with E-state index < -0.39 is 0 Å². The molecule has 6 heteroatoms. The van der Waals surface area contributed by atoms with Crippen LogP contribution in [-0.2, 0) is 0 Å². The molecule has 0 fully saturated rings. The molecule has 100 valence electrons. The Bertz CT molecular complexity index is 581. The summed E-state index contributed by atoms with van der Waals surface area (Å²) in [6.45, 7) is 1.79. The molecule has 2 rings (SSSR count). The van der Waals surface area contributed by atoms with Crippen molar-refractivity contribution in [2.24, 2.45) is 0 Å². The fraction of sp³-hybridized carbons (Fsp3) is 0.231. The number of aliphatic hydroxyl groups is 1. The summed E-state index contributed by atoms with van der Waals surface area (Å²) in [5.41, 5.74) is 1.67. The van der Waals surface area contributed by atoms with Crippen LogP contribution in [0.1, 0.15) is 16.1 Å². The first kappa shape index (κ1) is 13.6. The summed E-state index contributed by atoms with van der Waals surface area (Å²) in [5.74, 6) is -0.335. The van der Waals surface area contributed by atoms with Gasteiger partial charge < -0.3 is 10.4 Å². The van der Waals surface area contributed by atoms with E-state index in [0.717, 1.165) is 5.69 Å². The van der Waals surface area contributed by atoms with Crippen molar-refractivity contribution >= 4 is 17.5 Å². The smallest absolute Gasteiger partial charge is 0.256 e. The Hall–Kier alpha value is -1.85. The van der Waals surface area contributed by atoms with E-state index in [-0.39, 0.29) is 24.2 Å². The number of aromatic nitrogens is 2. The van der Waals surface area contributed by atoms with Crippen LogP contribution >= 0.6 is 11.6 Å². The number of halogens is 1. The van der Waals surface area contributed by atoms with Crippen molar-refractivity contribution in [3.8, 4) is 5.69 Å². The molecule has 0 atom stereocenters. The van der Waals surface area contributed by atoms with Crippen molar-refractivity contribution in [3.05, 3.63) is 46.7 Å². The molecular weight excluding hydrogens is 266 g/mol. The molecule has 0 radical (unpaired) electrons. The van der Waals surface area contributed by atoms with E-state index in [1.54, 1.807) is 6.92 Å². The van der Waals surface area contributed by atoms with Gasteiger partial charge in [-0.2, -0.15) is 5.10 Å². The molecule has 0 unspecified atom stereocenters. The van der Waals surface area contributed by atoms with Gasteiger partial charge in [0.25, 0.3) is 5.91 Å². The summed E-state index contributed by atoms with van der Waals surface area (Å²) in [5, 5.41) is 15.8. The number of hydrogen-bond donors (Lipinski definition) is 2. The highest BCUT2D eigenvalue weighted by Crippen LogP contribution is 2.23. The number of nitrogens with zero attached hydrogens (tertiary/aromatic N) is 2. The average Bonchev–Trinajstić information content (AvgIpc) is 2.72. The number of para-hydroxylation sites is 1. The SMILES string of the molecule is Cc1nn(-c2ccccc2)c(Cl)c1C(=O)NCCO. The molecule has 0 saturated carbocycles. The molecule has 0 aliphatic rings. The van der Waals surface area contributed by atoms with Gasteiger partial charge in [0, 0.05) is 6.54 Å². The molecule has 1 aromatic heterocycles. The molecule has 0 spiro atoms.